The zero-order chi connectivity index (χ0) is 34.3. The number of carbonyl (C=O) groups is 1. The fraction of sp³-hybridized carbons (Fsp3) is 0.444. The van der Waals surface area contributed by atoms with Gasteiger partial charge in [-0.1, -0.05) is 13.0 Å². The van der Waals surface area contributed by atoms with E-state index in [1.807, 2.05) is 0 Å². The molecular weight excluding hydrogens is 623 g/mol. The Morgan fingerprint density at radius 1 is 0.911 bits per heavy atom. The predicted octanol–water partition coefficient (Wildman–Crippen LogP) is 5.29. The number of hydrazone groups is 2. The summed E-state index contributed by atoms with van der Waals surface area (Å²) in [6.07, 6.45) is -13.5. The SMILES string of the molecule is C/C=N/NC(=O)CN(C)C(CC)c1ccc(C(F)(F)F)cc1CN(Cc1cc(C(F)(F)F)cc(C(F)(F)F)c1)/C(N)=N/N(C)N. The number of amides is 1. The van der Waals surface area contributed by atoms with Gasteiger partial charge in [-0.2, -0.15) is 44.6 Å². The third-order valence-corrected chi connectivity index (χ3v) is 6.43. The van der Waals surface area contributed by atoms with Gasteiger partial charge in [0.1, 0.15) is 0 Å². The van der Waals surface area contributed by atoms with Crippen molar-refractivity contribution in [2.45, 2.75) is 57.9 Å². The van der Waals surface area contributed by atoms with E-state index in [0.29, 0.717) is 22.8 Å². The van der Waals surface area contributed by atoms with Crippen LogP contribution in [0.5, 0.6) is 0 Å². The number of guanidine groups is 1. The van der Waals surface area contributed by atoms with Gasteiger partial charge in [-0.05, 0) is 67.4 Å². The first kappa shape index (κ1) is 37.1. The van der Waals surface area contributed by atoms with Crippen molar-refractivity contribution in [1.29, 1.82) is 0 Å². The van der Waals surface area contributed by atoms with Gasteiger partial charge in [0.15, 0.2) is 0 Å². The van der Waals surface area contributed by atoms with E-state index in [9.17, 15) is 44.3 Å². The Hall–Kier alpha value is -4.06. The van der Waals surface area contributed by atoms with E-state index < -0.39 is 71.8 Å². The summed E-state index contributed by atoms with van der Waals surface area (Å²) in [6, 6.07) is 3.07. The van der Waals surface area contributed by atoms with Crippen molar-refractivity contribution in [3.63, 3.8) is 0 Å². The van der Waals surface area contributed by atoms with Crippen LogP contribution in [0.25, 0.3) is 0 Å². The number of rotatable bonds is 11. The van der Waals surface area contributed by atoms with Crippen LogP contribution in [0.3, 0.4) is 0 Å². The van der Waals surface area contributed by atoms with Crippen molar-refractivity contribution >= 4 is 18.1 Å². The Morgan fingerprint density at radius 3 is 1.93 bits per heavy atom. The molecule has 250 valence electrons. The van der Waals surface area contributed by atoms with E-state index in [-0.39, 0.29) is 24.6 Å². The summed E-state index contributed by atoms with van der Waals surface area (Å²) in [5, 5.41) is 8.12. The van der Waals surface area contributed by atoms with Crippen molar-refractivity contribution in [3.8, 4) is 0 Å². The Morgan fingerprint density at radius 2 is 1.47 bits per heavy atom. The van der Waals surface area contributed by atoms with Gasteiger partial charge in [0, 0.05) is 32.4 Å². The summed E-state index contributed by atoms with van der Waals surface area (Å²) in [5.74, 6) is 4.50. The van der Waals surface area contributed by atoms with E-state index in [1.54, 1.807) is 25.8 Å². The van der Waals surface area contributed by atoms with Gasteiger partial charge in [-0.15, -0.1) is 5.10 Å². The highest BCUT2D eigenvalue weighted by Gasteiger charge is 2.37. The van der Waals surface area contributed by atoms with Gasteiger partial charge in [0.25, 0.3) is 5.91 Å². The molecule has 0 aliphatic rings. The molecule has 0 saturated carbocycles. The van der Waals surface area contributed by atoms with Crippen molar-refractivity contribution in [2.75, 3.05) is 20.6 Å². The number of nitrogens with two attached hydrogens (primary N) is 2. The molecule has 18 heteroatoms. The van der Waals surface area contributed by atoms with E-state index in [0.717, 1.165) is 17.0 Å². The monoisotopic (exact) mass is 656 g/mol. The molecular formula is C27H33F9N8O. The maximum atomic E-state index is 13.8. The summed E-state index contributed by atoms with van der Waals surface area (Å²) in [4.78, 5) is 14.8. The Balaban J connectivity index is 2.70. The number of hydrazine groups is 1. The molecule has 5 N–H and O–H groups in total. The lowest BCUT2D eigenvalue weighted by Gasteiger charge is -2.31. The molecule has 0 aliphatic carbocycles. The van der Waals surface area contributed by atoms with Gasteiger partial charge in [0.2, 0.25) is 5.96 Å². The smallest absolute Gasteiger partial charge is 0.368 e. The molecule has 0 aliphatic heterocycles. The van der Waals surface area contributed by atoms with Crippen LogP contribution in [0.4, 0.5) is 39.5 Å². The second-order valence-electron chi connectivity index (χ2n) is 9.97. The predicted molar refractivity (Wildman–Crippen MR) is 149 cm³/mol. The zero-order valence-corrected chi connectivity index (χ0v) is 24.6. The average molecular weight is 657 g/mol. The molecule has 2 aromatic rings. The molecule has 0 radical (unpaired) electrons. The number of nitrogens with one attached hydrogen (secondary N) is 1. The van der Waals surface area contributed by atoms with Crippen LogP contribution in [-0.2, 0) is 36.4 Å². The number of alkyl halides is 9. The molecule has 1 unspecified atom stereocenters. The molecule has 9 nitrogen and oxygen atoms in total. The zero-order valence-electron chi connectivity index (χ0n) is 24.6. The summed E-state index contributed by atoms with van der Waals surface area (Å²) < 4.78 is 122. The maximum Gasteiger partial charge on any atom is 0.416 e. The molecule has 0 heterocycles. The lowest BCUT2D eigenvalue weighted by Crippen LogP contribution is -2.40. The third-order valence-electron chi connectivity index (χ3n) is 6.43. The van der Waals surface area contributed by atoms with Gasteiger partial charge >= 0.3 is 18.5 Å². The molecule has 0 saturated heterocycles. The van der Waals surface area contributed by atoms with Crippen LogP contribution >= 0.6 is 0 Å². The third kappa shape index (κ3) is 10.8. The number of benzene rings is 2. The first-order valence-electron chi connectivity index (χ1n) is 13.2. The first-order chi connectivity index (χ1) is 20.7. The minimum atomic E-state index is -5.14. The lowest BCUT2D eigenvalue weighted by molar-refractivity contribution is -0.143. The van der Waals surface area contributed by atoms with E-state index in [2.05, 4.69) is 15.6 Å². The number of halogens is 9. The molecule has 0 bridgehead atoms. The van der Waals surface area contributed by atoms with Gasteiger partial charge < -0.3 is 10.6 Å². The summed E-state index contributed by atoms with van der Waals surface area (Å²) in [5.41, 5.74) is 3.83. The number of carbonyl (C=O) groups excluding carboxylic acids is 1. The standard InChI is InChI=1S/C27H33F9N8O/c1-5-22(42(3)15-23(45)40-39-6-2)21-8-7-18(25(28,29)30)11-17(21)14-44(24(37)41-43(4)38)13-16-9-19(26(31,32)33)12-20(10-16)27(34,35)36/h6-12,22H,5,13-15,38H2,1-4H3,(H2,37,41)(H,40,45)/b39-6+. The molecule has 1 atom stereocenters. The summed E-state index contributed by atoms with van der Waals surface area (Å²) in [6.45, 7) is 1.79. The van der Waals surface area contributed by atoms with Crippen molar-refractivity contribution < 1.29 is 44.3 Å². The summed E-state index contributed by atoms with van der Waals surface area (Å²) in [7, 11) is 2.77. The maximum absolute atomic E-state index is 13.8. The van der Waals surface area contributed by atoms with Crippen LogP contribution in [0.1, 0.15) is 59.7 Å². The molecule has 0 spiro atoms. The molecule has 1 amide bonds. The van der Waals surface area contributed by atoms with Gasteiger partial charge in [-0.3, -0.25) is 9.69 Å². The largest absolute Gasteiger partial charge is 0.416 e. The minimum Gasteiger partial charge on any atom is -0.368 e. The number of likely N-dealkylation sites (N-methyl/N-ethyl adjacent to an activating group) is 1. The minimum absolute atomic E-state index is 0.0312. The van der Waals surface area contributed by atoms with Crippen molar-refractivity contribution in [1.82, 2.24) is 20.3 Å². The van der Waals surface area contributed by atoms with Crippen LogP contribution in [0.15, 0.2) is 46.6 Å². The number of nitrogens with zero attached hydrogens (tertiary/aromatic N) is 5. The second kappa shape index (κ2) is 14.8. The fourth-order valence-electron chi connectivity index (χ4n) is 4.50. The van der Waals surface area contributed by atoms with Crippen molar-refractivity contribution in [3.05, 3.63) is 69.8 Å². The van der Waals surface area contributed by atoms with E-state index in [4.69, 9.17) is 11.6 Å². The van der Waals surface area contributed by atoms with Crippen LogP contribution in [0, 0.1) is 0 Å². The first-order valence-corrected chi connectivity index (χ1v) is 13.2. The van der Waals surface area contributed by atoms with Gasteiger partial charge in [0.05, 0.1) is 23.2 Å². The van der Waals surface area contributed by atoms with E-state index in [1.165, 1.54) is 19.3 Å². The fourth-order valence-corrected chi connectivity index (χ4v) is 4.50. The number of hydrogen-bond acceptors (Lipinski definition) is 6. The molecule has 2 aromatic carbocycles. The van der Waals surface area contributed by atoms with Crippen LogP contribution in [0.2, 0.25) is 0 Å². The average Bonchev–Trinajstić information content (AvgIpc) is 2.90. The van der Waals surface area contributed by atoms with Crippen LogP contribution in [-0.4, -0.2) is 53.6 Å². The van der Waals surface area contributed by atoms with Crippen LogP contribution < -0.4 is 17.0 Å². The van der Waals surface area contributed by atoms with Gasteiger partial charge in [-0.25, -0.2) is 16.4 Å². The Labute approximate surface area is 253 Å². The second-order valence-corrected chi connectivity index (χ2v) is 9.97. The van der Waals surface area contributed by atoms with Crippen molar-refractivity contribution in [2.24, 2.45) is 21.8 Å². The Bertz CT molecular complexity index is 1340. The summed E-state index contributed by atoms with van der Waals surface area (Å²) >= 11 is 0. The van der Waals surface area contributed by atoms with E-state index >= 15 is 0 Å². The molecule has 2 rings (SSSR count). The quantitative estimate of drug-likeness (QED) is 0.0997. The molecule has 45 heavy (non-hydrogen) atoms. The Kier molecular flexibility index (Phi) is 12.2. The highest BCUT2D eigenvalue weighted by atomic mass is 19.4. The molecule has 0 fully saturated rings. The number of hydrogen-bond donors (Lipinski definition) is 3. The lowest BCUT2D eigenvalue weighted by atomic mass is 9.94. The highest BCUT2D eigenvalue weighted by Crippen LogP contribution is 2.38. The molecule has 0 aromatic heterocycles. The topological polar surface area (TPSA) is 116 Å². The highest BCUT2D eigenvalue weighted by molar-refractivity contribution is 5.79. The normalized spacial score (nSPS) is 13.8.